The molecule has 1 aliphatic heterocycles. The fraction of sp³-hybridized carbons (Fsp3) is 0.500. The molecule has 0 saturated heterocycles. The lowest BCUT2D eigenvalue weighted by atomic mass is 9.85. The average Bonchev–Trinajstić information content (AvgIpc) is 3.33. The zero-order valence-corrected chi connectivity index (χ0v) is 22.1. The first-order valence-electron chi connectivity index (χ1n) is 12.5. The molecule has 11 heteroatoms. The maximum atomic E-state index is 13.2. The Labute approximate surface area is 216 Å². The second-order valence-electron chi connectivity index (χ2n) is 10.8. The molecule has 0 amide bonds. The number of nitrogens with zero attached hydrogens (tertiary/aromatic N) is 4. The molecule has 196 valence electrons. The molecule has 37 heavy (non-hydrogen) atoms. The maximum absolute atomic E-state index is 13.2. The van der Waals surface area contributed by atoms with Crippen LogP contribution in [0.2, 0.25) is 0 Å². The van der Waals surface area contributed by atoms with Gasteiger partial charge in [-0.25, -0.2) is 8.42 Å². The highest BCUT2D eigenvalue weighted by molar-refractivity contribution is 7.89. The number of anilines is 2. The monoisotopic (exact) mass is 524 g/mol. The number of H-pyrrole nitrogens is 1. The van der Waals surface area contributed by atoms with Gasteiger partial charge in [0.1, 0.15) is 5.39 Å². The lowest BCUT2D eigenvalue weighted by Crippen LogP contribution is -2.37. The molecule has 0 bridgehead atoms. The molecule has 0 radical (unpaired) electrons. The molecule has 5 rings (SSSR count). The van der Waals surface area contributed by atoms with Crippen molar-refractivity contribution in [3.05, 3.63) is 46.4 Å². The first-order valence-corrected chi connectivity index (χ1v) is 14.0. The van der Waals surface area contributed by atoms with Crippen LogP contribution in [0, 0.1) is 22.7 Å². The minimum atomic E-state index is -3.60. The smallest absolute Gasteiger partial charge is 0.261 e. The van der Waals surface area contributed by atoms with Crippen LogP contribution >= 0.6 is 0 Å². The number of hydrogen-bond donors (Lipinski definition) is 2. The van der Waals surface area contributed by atoms with Crippen LogP contribution in [0.3, 0.4) is 0 Å². The predicted molar refractivity (Wildman–Crippen MR) is 140 cm³/mol. The van der Waals surface area contributed by atoms with Crippen molar-refractivity contribution in [2.75, 3.05) is 25.6 Å². The van der Waals surface area contributed by atoms with E-state index in [4.69, 9.17) is 9.84 Å². The third-order valence-electron chi connectivity index (χ3n) is 7.27. The standard InChI is InChI=1S/C26H32N6O4S/c1-26(2,16-36-3)15-31-14-18-12-19(8-9-22(18)37(31,34)35)29-24-23-21(10-11-28-25(23)33)32(30-24)20-7-5-4-6-17(20)13-27/h8-12,17,20H,4-7,14-16H2,1-3H3,(H,28,33)(H,29,30). The highest BCUT2D eigenvalue weighted by atomic mass is 32.2. The van der Waals surface area contributed by atoms with Crippen molar-refractivity contribution in [1.29, 1.82) is 5.26 Å². The van der Waals surface area contributed by atoms with Crippen LogP contribution < -0.4 is 10.9 Å². The van der Waals surface area contributed by atoms with Gasteiger partial charge in [-0.05, 0) is 42.7 Å². The summed E-state index contributed by atoms with van der Waals surface area (Å²) >= 11 is 0. The molecule has 0 spiro atoms. The lowest BCUT2D eigenvalue weighted by molar-refractivity contribution is 0.0890. The minimum absolute atomic E-state index is 0.104. The average molecular weight is 525 g/mol. The van der Waals surface area contributed by atoms with E-state index in [9.17, 15) is 18.5 Å². The number of nitrogens with one attached hydrogen (secondary N) is 2. The summed E-state index contributed by atoms with van der Waals surface area (Å²) in [5.74, 6) is 0.223. The van der Waals surface area contributed by atoms with Crippen LogP contribution in [0.4, 0.5) is 11.5 Å². The van der Waals surface area contributed by atoms with Gasteiger partial charge in [0.05, 0.1) is 35.0 Å². The molecular formula is C26H32N6O4S. The fourth-order valence-electron chi connectivity index (χ4n) is 5.63. The topological polar surface area (TPSA) is 133 Å². The second kappa shape index (κ2) is 9.59. The summed E-state index contributed by atoms with van der Waals surface area (Å²) in [6.45, 7) is 5.00. The van der Waals surface area contributed by atoms with E-state index >= 15 is 0 Å². The van der Waals surface area contributed by atoms with Gasteiger partial charge in [0, 0.05) is 37.5 Å². The van der Waals surface area contributed by atoms with E-state index in [1.54, 1.807) is 31.5 Å². The number of hydrogen-bond acceptors (Lipinski definition) is 7. The number of sulfonamides is 1. The third kappa shape index (κ3) is 4.65. The number of benzene rings is 1. The van der Waals surface area contributed by atoms with Crippen LogP contribution in [-0.4, -0.2) is 47.7 Å². The van der Waals surface area contributed by atoms with Gasteiger partial charge < -0.3 is 15.0 Å². The normalized spacial score (nSPS) is 21.6. The van der Waals surface area contributed by atoms with Crippen LogP contribution in [-0.2, 0) is 21.3 Å². The summed E-state index contributed by atoms with van der Waals surface area (Å²) in [6, 6.07) is 9.23. The van der Waals surface area contributed by atoms with Crippen molar-refractivity contribution < 1.29 is 13.2 Å². The molecular weight excluding hydrogens is 492 g/mol. The molecule has 1 fully saturated rings. The van der Waals surface area contributed by atoms with E-state index in [2.05, 4.69) is 16.4 Å². The van der Waals surface area contributed by atoms with Gasteiger partial charge in [0.25, 0.3) is 5.56 Å². The molecule has 3 aromatic rings. The number of aromatic nitrogens is 3. The lowest BCUT2D eigenvalue weighted by Gasteiger charge is -2.28. The summed E-state index contributed by atoms with van der Waals surface area (Å²) in [7, 11) is -1.99. The number of ether oxygens (including phenoxy) is 1. The summed E-state index contributed by atoms with van der Waals surface area (Å²) in [5.41, 5.74) is 1.40. The van der Waals surface area contributed by atoms with Crippen LogP contribution in [0.25, 0.3) is 10.9 Å². The zero-order chi connectivity index (χ0) is 26.4. The number of methoxy groups -OCH3 is 1. The van der Waals surface area contributed by atoms with Crippen molar-refractivity contribution in [2.45, 2.75) is 57.0 Å². The summed E-state index contributed by atoms with van der Waals surface area (Å²) in [4.78, 5) is 15.8. The highest BCUT2D eigenvalue weighted by Gasteiger charge is 2.38. The van der Waals surface area contributed by atoms with Crippen molar-refractivity contribution in [1.82, 2.24) is 19.1 Å². The first-order chi connectivity index (χ1) is 17.6. The van der Waals surface area contributed by atoms with Gasteiger partial charge in [0.2, 0.25) is 10.0 Å². The molecule has 2 N–H and O–H groups in total. The number of fused-ring (bicyclic) bond motifs is 2. The fourth-order valence-corrected chi connectivity index (χ4v) is 7.43. The van der Waals surface area contributed by atoms with Crippen molar-refractivity contribution in [3.8, 4) is 6.07 Å². The largest absolute Gasteiger partial charge is 0.384 e. The quantitative estimate of drug-likeness (QED) is 0.479. The molecule has 2 atom stereocenters. The highest BCUT2D eigenvalue weighted by Crippen LogP contribution is 2.38. The Morgan fingerprint density at radius 3 is 2.81 bits per heavy atom. The Bertz CT molecular complexity index is 1530. The summed E-state index contributed by atoms with van der Waals surface area (Å²) < 4.78 is 34.9. The summed E-state index contributed by atoms with van der Waals surface area (Å²) in [6.07, 6.45) is 5.25. The Hall–Kier alpha value is -3.20. The van der Waals surface area contributed by atoms with E-state index in [-0.39, 0.29) is 29.5 Å². The van der Waals surface area contributed by atoms with Gasteiger partial charge in [-0.2, -0.15) is 14.7 Å². The molecule has 2 unspecified atom stereocenters. The Morgan fingerprint density at radius 1 is 1.27 bits per heavy atom. The molecule has 1 saturated carbocycles. The Kier molecular flexibility index (Phi) is 6.60. The molecule has 2 aromatic heterocycles. The molecule has 3 heterocycles. The Morgan fingerprint density at radius 2 is 2.05 bits per heavy atom. The van der Waals surface area contributed by atoms with Crippen LogP contribution in [0.15, 0.2) is 40.2 Å². The number of nitriles is 1. The molecule has 2 aliphatic rings. The van der Waals surface area contributed by atoms with E-state index < -0.39 is 10.0 Å². The van der Waals surface area contributed by atoms with Gasteiger partial charge in [-0.1, -0.05) is 26.7 Å². The van der Waals surface area contributed by atoms with Crippen LogP contribution in [0.1, 0.15) is 51.1 Å². The van der Waals surface area contributed by atoms with Gasteiger partial charge in [-0.15, -0.1) is 0 Å². The van der Waals surface area contributed by atoms with E-state index in [0.717, 1.165) is 25.7 Å². The number of aromatic amines is 1. The Balaban J connectivity index is 1.48. The number of pyridine rings is 1. The van der Waals surface area contributed by atoms with E-state index in [1.807, 2.05) is 24.6 Å². The minimum Gasteiger partial charge on any atom is -0.384 e. The summed E-state index contributed by atoms with van der Waals surface area (Å²) in [5, 5.41) is 18.1. The van der Waals surface area contributed by atoms with Gasteiger partial charge >= 0.3 is 0 Å². The van der Waals surface area contributed by atoms with Crippen molar-refractivity contribution >= 4 is 32.4 Å². The second-order valence-corrected chi connectivity index (χ2v) is 12.7. The van der Waals surface area contributed by atoms with E-state index in [0.29, 0.717) is 46.0 Å². The SMILES string of the molecule is COCC(C)(C)CN1Cc2cc(Nc3nn(C4CCCCC4C#N)c4cc[nH]c(=O)c34)ccc2S1(=O)=O. The van der Waals surface area contributed by atoms with E-state index in [1.165, 1.54) is 4.31 Å². The predicted octanol–water partition coefficient (Wildman–Crippen LogP) is 3.90. The molecule has 10 nitrogen and oxygen atoms in total. The van der Waals surface area contributed by atoms with Crippen molar-refractivity contribution in [3.63, 3.8) is 0 Å². The third-order valence-corrected chi connectivity index (χ3v) is 9.16. The molecule has 1 aliphatic carbocycles. The van der Waals surface area contributed by atoms with Crippen LogP contribution in [0.5, 0.6) is 0 Å². The number of rotatable bonds is 7. The van der Waals surface area contributed by atoms with Crippen molar-refractivity contribution in [2.24, 2.45) is 11.3 Å². The van der Waals surface area contributed by atoms with Gasteiger partial charge in [0.15, 0.2) is 5.82 Å². The van der Waals surface area contributed by atoms with Gasteiger partial charge in [-0.3, -0.25) is 9.48 Å². The molecule has 1 aromatic carbocycles. The first kappa shape index (κ1) is 25.4. The maximum Gasteiger partial charge on any atom is 0.261 e. The zero-order valence-electron chi connectivity index (χ0n) is 21.3.